The Hall–Kier alpha value is -1.38. The molecule has 19 heavy (non-hydrogen) atoms. The molecule has 2 aliphatic rings. The summed E-state index contributed by atoms with van der Waals surface area (Å²) in [6, 6.07) is 2.37. The second-order valence-corrected chi connectivity index (χ2v) is 5.59. The molecule has 1 fully saturated rings. The number of fused-ring (bicyclic) bond motifs is 3. The van der Waals surface area contributed by atoms with Crippen molar-refractivity contribution in [3.8, 4) is 0 Å². The smallest absolute Gasteiger partial charge is 0.163 e. The summed E-state index contributed by atoms with van der Waals surface area (Å²) in [4.78, 5) is 0. The zero-order chi connectivity index (χ0) is 13.4. The van der Waals surface area contributed by atoms with E-state index in [1.54, 1.807) is 5.56 Å². The van der Waals surface area contributed by atoms with E-state index in [1.165, 1.54) is 43.4 Å². The highest BCUT2D eigenvalue weighted by atomic mass is 15.2. The number of pyridine rings is 1. The van der Waals surface area contributed by atoms with Crippen LogP contribution in [0.3, 0.4) is 0 Å². The van der Waals surface area contributed by atoms with E-state index in [9.17, 15) is 0 Å². The van der Waals surface area contributed by atoms with Crippen molar-refractivity contribution in [3.05, 3.63) is 29.2 Å². The van der Waals surface area contributed by atoms with E-state index in [-0.39, 0.29) is 0 Å². The Bertz CT molecular complexity index is 581. The molecule has 102 valence electrons. The number of aryl methyl sites for hydroxylation is 2. The van der Waals surface area contributed by atoms with Crippen molar-refractivity contribution in [3.63, 3.8) is 0 Å². The Morgan fingerprint density at radius 3 is 2.68 bits per heavy atom. The molecule has 0 spiro atoms. The van der Waals surface area contributed by atoms with Gasteiger partial charge in [0.15, 0.2) is 5.65 Å². The summed E-state index contributed by atoms with van der Waals surface area (Å²) in [7, 11) is 0. The predicted molar refractivity (Wildman–Crippen MR) is 77.5 cm³/mol. The van der Waals surface area contributed by atoms with Crippen LogP contribution in [0.15, 0.2) is 12.4 Å². The summed E-state index contributed by atoms with van der Waals surface area (Å²) < 4.78 is 2.21. The number of aromatic nitrogens is 3. The first-order valence-corrected chi connectivity index (χ1v) is 7.66. The second kappa shape index (κ2) is 4.95. The van der Waals surface area contributed by atoms with Crippen molar-refractivity contribution in [1.82, 2.24) is 14.6 Å². The molecular weight excluding hydrogens is 234 g/mol. The van der Waals surface area contributed by atoms with Crippen LogP contribution in [-0.2, 0) is 6.42 Å². The van der Waals surface area contributed by atoms with E-state index >= 15 is 0 Å². The molecule has 3 nitrogen and oxygen atoms in total. The fraction of sp³-hybridized carbons (Fsp3) is 0.625. The Balaban J connectivity index is 0.000000528. The van der Waals surface area contributed by atoms with E-state index in [1.807, 2.05) is 20.2 Å². The van der Waals surface area contributed by atoms with Crippen molar-refractivity contribution in [2.45, 2.75) is 58.8 Å². The second-order valence-electron chi connectivity index (χ2n) is 5.59. The van der Waals surface area contributed by atoms with Crippen LogP contribution < -0.4 is 0 Å². The Kier molecular flexibility index (Phi) is 3.29. The standard InChI is InChI=1S/C14H17N3.C2H6/c1-9-7-12-11(10-3-2-4-10)5-6-13(12)17-8-15-16-14(9)17;1-2/h7-8,10-11H,2-6H2,1H3;1-2H3. The molecule has 1 unspecified atom stereocenters. The molecule has 0 aliphatic heterocycles. The maximum Gasteiger partial charge on any atom is 0.163 e. The molecular formula is C16H23N3. The molecule has 0 N–H and O–H groups in total. The van der Waals surface area contributed by atoms with Crippen LogP contribution in [0.2, 0.25) is 0 Å². The number of hydrogen-bond donors (Lipinski definition) is 0. The first-order valence-electron chi connectivity index (χ1n) is 7.66. The fourth-order valence-corrected chi connectivity index (χ4v) is 3.59. The summed E-state index contributed by atoms with van der Waals surface area (Å²) in [6.45, 7) is 6.15. The van der Waals surface area contributed by atoms with Gasteiger partial charge in [0.05, 0.1) is 0 Å². The third-order valence-corrected chi connectivity index (χ3v) is 4.71. The van der Waals surface area contributed by atoms with Gasteiger partial charge in [0.1, 0.15) is 6.33 Å². The van der Waals surface area contributed by atoms with Crippen LogP contribution in [0.1, 0.15) is 62.3 Å². The lowest BCUT2D eigenvalue weighted by Gasteiger charge is -2.32. The minimum Gasteiger partial charge on any atom is -0.285 e. The van der Waals surface area contributed by atoms with Gasteiger partial charge in [0, 0.05) is 5.69 Å². The highest BCUT2D eigenvalue weighted by Gasteiger charge is 2.34. The molecule has 0 bridgehead atoms. The molecule has 0 amide bonds. The Labute approximate surface area is 115 Å². The molecule has 2 aliphatic carbocycles. The van der Waals surface area contributed by atoms with Gasteiger partial charge in [-0.15, -0.1) is 10.2 Å². The maximum absolute atomic E-state index is 4.21. The van der Waals surface area contributed by atoms with Gasteiger partial charge >= 0.3 is 0 Å². The molecule has 0 aromatic carbocycles. The summed E-state index contributed by atoms with van der Waals surface area (Å²) >= 11 is 0. The quantitative estimate of drug-likeness (QED) is 0.775. The van der Waals surface area contributed by atoms with Gasteiger partial charge in [-0.1, -0.05) is 26.3 Å². The van der Waals surface area contributed by atoms with Crippen molar-refractivity contribution < 1.29 is 0 Å². The van der Waals surface area contributed by atoms with E-state index in [0.717, 1.165) is 17.5 Å². The first kappa shape index (κ1) is 12.6. The Morgan fingerprint density at radius 2 is 2.00 bits per heavy atom. The summed E-state index contributed by atoms with van der Waals surface area (Å²) in [5, 5.41) is 8.27. The molecule has 2 aromatic rings. The summed E-state index contributed by atoms with van der Waals surface area (Å²) in [5.74, 6) is 1.76. The monoisotopic (exact) mass is 257 g/mol. The maximum atomic E-state index is 4.21. The molecule has 1 saturated carbocycles. The lowest BCUT2D eigenvalue weighted by Crippen LogP contribution is -2.18. The minimum atomic E-state index is 0.809. The van der Waals surface area contributed by atoms with E-state index in [2.05, 4.69) is 27.6 Å². The van der Waals surface area contributed by atoms with Gasteiger partial charge in [-0.2, -0.15) is 0 Å². The van der Waals surface area contributed by atoms with Crippen LogP contribution in [0.25, 0.3) is 5.65 Å². The number of hydrogen-bond acceptors (Lipinski definition) is 2. The lowest BCUT2D eigenvalue weighted by atomic mass is 9.73. The van der Waals surface area contributed by atoms with Crippen LogP contribution in [0.5, 0.6) is 0 Å². The van der Waals surface area contributed by atoms with Crippen molar-refractivity contribution in [2.24, 2.45) is 5.92 Å². The summed E-state index contributed by atoms with van der Waals surface area (Å²) in [6.07, 6.45) is 8.71. The van der Waals surface area contributed by atoms with E-state index < -0.39 is 0 Å². The molecule has 0 saturated heterocycles. The molecule has 3 heteroatoms. The van der Waals surface area contributed by atoms with E-state index in [0.29, 0.717) is 0 Å². The molecule has 4 rings (SSSR count). The zero-order valence-electron chi connectivity index (χ0n) is 12.2. The predicted octanol–water partition coefficient (Wildman–Crippen LogP) is 3.89. The molecule has 2 aromatic heterocycles. The van der Waals surface area contributed by atoms with Crippen molar-refractivity contribution >= 4 is 5.65 Å². The van der Waals surface area contributed by atoms with Gasteiger partial charge in [-0.3, -0.25) is 4.40 Å². The molecule has 2 heterocycles. The lowest BCUT2D eigenvalue weighted by molar-refractivity contribution is 0.260. The van der Waals surface area contributed by atoms with Gasteiger partial charge < -0.3 is 0 Å². The first-order chi connectivity index (χ1) is 9.34. The average Bonchev–Trinajstić information content (AvgIpc) is 2.97. The SMILES string of the molecule is CC.Cc1cc2c(n3cnnc13)CCC2C1CCC1. The molecule has 1 atom stereocenters. The number of rotatable bonds is 1. The van der Waals surface area contributed by atoms with Gasteiger partial charge in [0.25, 0.3) is 0 Å². The van der Waals surface area contributed by atoms with Gasteiger partial charge in [-0.05, 0) is 55.6 Å². The van der Waals surface area contributed by atoms with Crippen LogP contribution in [-0.4, -0.2) is 14.6 Å². The summed E-state index contributed by atoms with van der Waals surface area (Å²) in [5.41, 5.74) is 5.36. The zero-order valence-corrected chi connectivity index (χ0v) is 12.2. The van der Waals surface area contributed by atoms with Crippen LogP contribution in [0, 0.1) is 12.8 Å². The third-order valence-electron chi connectivity index (χ3n) is 4.71. The molecule has 0 radical (unpaired) electrons. The van der Waals surface area contributed by atoms with Crippen molar-refractivity contribution in [2.75, 3.05) is 0 Å². The minimum absolute atomic E-state index is 0.809. The number of nitrogens with zero attached hydrogens (tertiary/aromatic N) is 3. The van der Waals surface area contributed by atoms with Crippen LogP contribution in [0.4, 0.5) is 0 Å². The van der Waals surface area contributed by atoms with Crippen LogP contribution >= 0.6 is 0 Å². The topological polar surface area (TPSA) is 30.2 Å². The normalized spacial score (nSPS) is 21.7. The third kappa shape index (κ3) is 1.87. The highest BCUT2D eigenvalue weighted by molar-refractivity contribution is 5.52. The van der Waals surface area contributed by atoms with Gasteiger partial charge in [0.2, 0.25) is 0 Å². The van der Waals surface area contributed by atoms with E-state index in [4.69, 9.17) is 0 Å². The average molecular weight is 257 g/mol. The van der Waals surface area contributed by atoms with Gasteiger partial charge in [-0.25, -0.2) is 0 Å². The van der Waals surface area contributed by atoms with Crippen molar-refractivity contribution in [1.29, 1.82) is 0 Å². The fourth-order valence-electron chi connectivity index (χ4n) is 3.59. The largest absolute Gasteiger partial charge is 0.285 e. The highest BCUT2D eigenvalue weighted by Crippen LogP contribution is 2.46. The Morgan fingerprint density at radius 1 is 1.21 bits per heavy atom.